The number of aromatic hydroxyl groups is 1. The van der Waals surface area contributed by atoms with Gasteiger partial charge in [0.15, 0.2) is 0 Å². The van der Waals surface area contributed by atoms with Crippen LogP contribution in [0.4, 0.5) is 4.39 Å². The molecule has 17 atom stereocenters. The van der Waals surface area contributed by atoms with Crippen molar-refractivity contribution in [2.45, 2.75) is 200 Å². The quantitative estimate of drug-likeness (QED) is 0.0771. The van der Waals surface area contributed by atoms with Crippen molar-refractivity contribution in [2.75, 3.05) is 6.54 Å². The van der Waals surface area contributed by atoms with Crippen LogP contribution in [0.25, 0.3) is 0 Å². The Balaban J connectivity index is 1.36. The molecule has 1 unspecified atom stereocenters. The number of hydrazine groups is 1. The Bertz CT molecular complexity index is 2380. The highest BCUT2D eigenvalue weighted by Crippen LogP contribution is 2.46. The molecular formula is C60H90FN5O13. The van der Waals surface area contributed by atoms with Gasteiger partial charge in [0.05, 0.1) is 36.4 Å². The van der Waals surface area contributed by atoms with Gasteiger partial charge in [-0.3, -0.25) is 29.0 Å². The van der Waals surface area contributed by atoms with Crippen LogP contribution in [0, 0.1) is 53.2 Å². The van der Waals surface area contributed by atoms with Crippen molar-refractivity contribution < 1.29 is 68.2 Å². The number of benzene rings is 1. The molecule has 1 aromatic rings. The van der Waals surface area contributed by atoms with E-state index in [1.807, 2.05) is 59.8 Å². The molecule has 4 heterocycles. The molecule has 79 heavy (non-hydrogen) atoms. The summed E-state index contributed by atoms with van der Waals surface area (Å²) in [7, 11) is 0. The zero-order valence-corrected chi connectivity index (χ0v) is 47.9. The molecule has 1 aromatic carbocycles. The summed E-state index contributed by atoms with van der Waals surface area (Å²) >= 11 is 0. The Hall–Kier alpha value is -5.31. The second kappa shape index (κ2) is 29.4. The maximum atomic E-state index is 14.6. The van der Waals surface area contributed by atoms with E-state index >= 15 is 0 Å². The standard InChI is InChI=1S/C60H90FN5O13/c1-11-42-27-36(6)60(64-55(42)73)40(10)53(71)39(9)51(79-60)32-49(70)34(4)19-14-12-15-20-35(5)50-23-17-13-16-22-48(69)38(8)54(72)45(25-24-37(7)67)56(74)63-52(33(2)3)57(75)62-47(30-41-28-43(61)31-44(68)29-41)58(76)66-26-18-21-46(65-66)59(77)78-50/h12-13,15-17,20,22,28-29,31,33-34,36,38-40,42,45-54,65,68-72H,11,14,18-19,21,23-27,30,32H2,1-10H3,(H,62,75)(H,63,74)(H,64,73)/b15-12-,17-13+,22-16+,35-20+/t34-,36-,38-,39-,40-,42-,45+,46?,47-,48-,49-,50-,51+,52-,53-,54+,60+/m0/s1. The molecule has 0 aliphatic carbocycles. The van der Waals surface area contributed by atoms with Crippen LogP contribution in [0.15, 0.2) is 66.3 Å². The van der Waals surface area contributed by atoms with Crippen LogP contribution in [-0.2, 0) is 44.7 Å². The number of carbonyl (C=O) groups excluding carboxylic acids is 6. The van der Waals surface area contributed by atoms with Crippen molar-refractivity contribution in [2.24, 2.45) is 47.3 Å². The number of aliphatic hydroxyl groups excluding tert-OH is 4. The minimum absolute atomic E-state index is 0.0347. The highest BCUT2D eigenvalue weighted by Gasteiger charge is 2.57. The number of carbonyl (C=O) groups is 6. The van der Waals surface area contributed by atoms with Gasteiger partial charge in [-0.15, -0.1) is 0 Å². The first-order chi connectivity index (χ1) is 37.3. The van der Waals surface area contributed by atoms with Gasteiger partial charge in [-0.2, -0.15) is 0 Å². The Morgan fingerprint density at radius 1 is 0.949 bits per heavy atom. The Morgan fingerprint density at radius 2 is 1.67 bits per heavy atom. The number of phenols is 1. The molecule has 3 fully saturated rings. The lowest BCUT2D eigenvalue weighted by atomic mass is 9.69. The van der Waals surface area contributed by atoms with Crippen molar-refractivity contribution in [1.29, 1.82) is 0 Å². The van der Waals surface area contributed by atoms with Gasteiger partial charge >= 0.3 is 5.97 Å². The number of amides is 4. The molecule has 3 saturated heterocycles. The second-order valence-corrected chi connectivity index (χ2v) is 23.3. The number of phenolic OH excluding ortho intramolecular Hbond substituents is 1. The molecule has 2 bridgehead atoms. The minimum atomic E-state index is -1.47. The lowest BCUT2D eigenvalue weighted by molar-refractivity contribution is -0.267. The van der Waals surface area contributed by atoms with Crippen LogP contribution in [-0.4, -0.2) is 133 Å². The summed E-state index contributed by atoms with van der Waals surface area (Å²) < 4.78 is 27.5. The van der Waals surface area contributed by atoms with Crippen LogP contribution in [0.5, 0.6) is 5.75 Å². The van der Waals surface area contributed by atoms with Gasteiger partial charge in [-0.1, -0.05) is 97.9 Å². The average Bonchev–Trinajstić information content (AvgIpc) is 3.45. The number of nitrogens with one attached hydrogen (secondary N) is 4. The number of ketones is 1. The fraction of sp³-hybridized carbons (Fsp3) is 0.667. The molecule has 18 nitrogen and oxygen atoms in total. The number of nitrogens with zero attached hydrogens (tertiary/aromatic N) is 1. The van der Waals surface area contributed by atoms with Crippen molar-refractivity contribution in [1.82, 2.24) is 26.4 Å². The number of allylic oxidation sites excluding steroid dienone is 5. The summed E-state index contributed by atoms with van der Waals surface area (Å²) in [6, 6.07) is -0.408. The van der Waals surface area contributed by atoms with Crippen LogP contribution in [0.1, 0.15) is 139 Å². The third-order valence-corrected chi connectivity index (χ3v) is 16.9. The summed E-state index contributed by atoms with van der Waals surface area (Å²) in [4.78, 5) is 82.2. The van der Waals surface area contributed by atoms with Gasteiger partial charge in [-0.25, -0.2) is 9.82 Å². The van der Waals surface area contributed by atoms with Gasteiger partial charge in [-0.05, 0) is 93.9 Å². The normalized spacial score (nSPS) is 34.7. The van der Waals surface area contributed by atoms with Crippen molar-refractivity contribution >= 4 is 35.4 Å². The number of aliphatic hydroxyl groups is 4. The molecule has 19 heteroatoms. The first-order valence-corrected chi connectivity index (χ1v) is 28.5. The molecule has 4 aliphatic rings. The zero-order valence-electron chi connectivity index (χ0n) is 47.9. The van der Waals surface area contributed by atoms with E-state index in [2.05, 4.69) is 21.4 Å². The lowest BCUT2D eigenvalue weighted by Crippen LogP contribution is -2.71. The van der Waals surface area contributed by atoms with E-state index in [-0.39, 0.29) is 85.5 Å². The molecular weight excluding hydrogens is 1020 g/mol. The topological polar surface area (TPSA) is 273 Å². The molecule has 440 valence electrons. The van der Waals surface area contributed by atoms with Crippen molar-refractivity contribution in [3.8, 4) is 5.75 Å². The van der Waals surface area contributed by atoms with Gasteiger partial charge < -0.3 is 55.8 Å². The highest BCUT2D eigenvalue weighted by atomic mass is 19.1. The molecule has 1 spiro atoms. The summed E-state index contributed by atoms with van der Waals surface area (Å²) in [6.45, 7) is 18.0. The lowest BCUT2D eigenvalue weighted by Gasteiger charge is -2.56. The number of hydrogen-bond donors (Lipinski definition) is 9. The first kappa shape index (κ1) is 64.5. The number of rotatable bonds is 15. The van der Waals surface area contributed by atoms with E-state index in [4.69, 9.17) is 9.47 Å². The summed E-state index contributed by atoms with van der Waals surface area (Å²) in [5.74, 6) is -8.00. The maximum Gasteiger partial charge on any atom is 0.325 e. The van der Waals surface area contributed by atoms with E-state index in [0.29, 0.717) is 44.1 Å². The minimum Gasteiger partial charge on any atom is -0.508 e. The highest BCUT2D eigenvalue weighted by molar-refractivity contribution is 5.93. The molecule has 5 rings (SSSR count). The fourth-order valence-electron chi connectivity index (χ4n) is 11.4. The van der Waals surface area contributed by atoms with Gasteiger partial charge in [0.2, 0.25) is 17.7 Å². The Kier molecular flexibility index (Phi) is 24.0. The maximum absolute atomic E-state index is 14.6. The van der Waals surface area contributed by atoms with Crippen LogP contribution >= 0.6 is 0 Å². The predicted octanol–water partition coefficient (Wildman–Crippen LogP) is 5.55. The number of halogens is 1. The van der Waals surface area contributed by atoms with E-state index in [0.717, 1.165) is 12.1 Å². The largest absolute Gasteiger partial charge is 0.508 e. The van der Waals surface area contributed by atoms with Crippen molar-refractivity contribution in [3.05, 3.63) is 77.7 Å². The number of piperidine rings is 1. The third kappa shape index (κ3) is 17.1. The van der Waals surface area contributed by atoms with E-state index in [9.17, 15) is 58.7 Å². The monoisotopic (exact) mass is 1110 g/mol. The van der Waals surface area contributed by atoms with Gasteiger partial charge in [0.1, 0.15) is 47.3 Å². The van der Waals surface area contributed by atoms with Crippen molar-refractivity contribution in [3.63, 3.8) is 0 Å². The predicted molar refractivity (Wildman–Crippen MR) is 295 cm³/mol. The second-order valence-electron chi connectivity index (χ2n) is 23.3. The number of ether oxygens (including phenoxy) is 2. The van der Waals surface area contributed by atoms with Crippen LogP contribution < -0.4 is 21.4 Å². The first-order valence-electron chi connectivity index (χ1n) is 28.5. The van der Waals surface area contributed by atoms with Gasteiger partial charge in [0.25, 0.3) is 5.91 Å². The van der Waals surface area contributed by atoms with Gasteiger partial charge in [0, 0.05) is 67.9 Å². The van der Waals surface area contributed by atoms with E-state index < -0.39 is 113 Å². The average molecular weight is 1110 g/mol. The van der Waals surface area contributed by atoms with E-state index in [1.165, 1.54) is 24.1 Å². The Labute approximate surface area is 466 Å². The number of hydrogen-bond acceptors (Lipinski definition) is 14. The molecule has 0 saturated carbocycles. The molecule has 0 radical (unpaired) electrons. The molecule has 4 aliphatic heterocycles. The van der Waals surface area contributed by atoms with Crippen LogP contribution in [0.2, 0.25) is 0 Å². The summed E-state index contributed by atoms with van der Waals surface area (Å²) in [5, 5.41) is 65.7. The SMILES string of the molecule is CC[C@H]1C[C@H](C)[C@@]2(NC1=O)O[C@H](C[C@H](O)[C@@H](C)CC/C=C\C=C(/C)[C@@H]1C/C=C/C=C/[C@H](O)[C@H](C)[C@@H](O)[C@@H](CCC(C)=O)C(=O)N[C@@H](C(C)C)C(=O)N[C@@H](Cc3cc(O)cc(F)c3)C(=O)N3CCCC(N3)C(=O)O1)[C@H](C)[C@H](O)[C@@H]2C. The van der Waals surface area contributed by atoms with E-state index in [1.54, 1.807) is 39.0 Å². The molecule has 0 aromatic heterocycles. The molecule has 9 N–H and O–H groups in total. The summed E-state index contributed by atoms with van der Waals surface area (Å²) in [5.41, 5.74) is 2.81. The number of cyclic esters (lactones) is 1. The fourth-order valence-corrected chi connectivity index (χ4v) is 11.4. The number of esters is 1. The van der Waals surface area contributed by atoms with Crippen LogP contribution in [0.3, 0.4) is 0 Å². The summed E-state index contributed by atoms with van der Waals surface area (Å²) in [6.07, 6.45) is 9.81. The third-order valence-electron chi connectivity index (χ3n) is 16.9. The molecule has 4 amide bonds. The Morgan fingerprint density at radius 3 is 2.34 bits per heavy atom. The number of Topliss-reactive ketones (excluding diaryl/α,β-unsaturated/α-hetero) is 1. The smallest absolute Gasteiger partial charge is 0.325 e. The number of fused-ring (bicyclic) bond motifs is 2. The zero-order chi connectivity index (χ0) is 58.5.